The molecular weight excluding hydrogens is 274 g/mol. The number of phenolic OH excluding ortho intramolecular Hbond substituents is 1. The van der Waals surface area contributed by atoms with Gasteiger partial charge in [0.25, 0.3) is 5.91 Å². The highest BCUT2D eigenvalue weighted by Crippen LogP contribution is 2.28. The molecule has 0 radical (unpaired) electrons. The van der Waals surface area contributed by atoms with Crippen LogP contribution in [0.15, 0.2) is 24.3 Å². The first kappa shape index (κ1) is 15.2. The predicted molar refractivity (Wildman–Crippen MR) is 75.0 cm³/mol. The summed E-state index contributed by atoms with van der Waals surface area (Å²) >= 11 is 0. The lowest BCUT2D eigenvalue weighted by molar-refractivity contribution is -0.150. The second-order valence-electron chi connectivity index (χ2n) is 4.81. The molecule has 6 nitrogen and oxygen atoms in total. The van der Waals surface area contributed by atoms with Crippen molar-refractivity contribution in [2.75, 3.05) is 19.8 Å². The number of ether oxygens (including phenoxy) is 2. The van der Waals surface area contributed by atoms with Gasteiger partial charge in [-0.3, -0.25) is 9.59 Å². The maximum absolute atomic E-state index is 12.2. The third kappa shape index (κ3) is 4.37. The van der Waals surface area contributed by atoms with Gasteiger partial charge in [-0.1, -0.05) is 12.1 Å². The van der Waals surface area contributed by atoms with Crippen LogP contribution in [0.4, 0.5) is 0 Å². The molecule has 1 saturated carbocycles. The van der Waals surface area contributed by atoms with Gasteiger partial charge in [0, 0.05) is 6.04 Å². The largest absolute Gasteiger partial charge is 0.504 e. The topological polar surface area (TPSA) is 76.1 Å². The molecule has 2 rings (SSSR count). The fraction of sp³-hybridized carbons (Fsp3) is 0.467. The Kier molecular flexibility index (Phi) is 5.03. The monoisotopic (exact) mass is 293 g/mol. The Morgan fingerprint density at radius 2 is 2.05 bits per heavy atom. The number of amides is 1. The second kappa shape index (κ2) is 6.97. The van der Waals surface area contributed by atoms with Gasteiger partial charge in [0.1, 0.15) is 6.54 Å². The lowest BCUT2D eigenvalue weighted by atomic mass is 10.3. The molecule has 0 saturated heterocycles. The number of esters is 1. The molecule has 0 spiro atoms. The van der Waals surface area contributed by atoms with Crippen molar-refractivity contribution >= 4 is 11.9 Å². The Labute approximate surface area is 123 Å². The molecule has 0 heterocycles. The van der Waals surface area contributed by atoms with Crippen LogP contribution in [0, 0.1) is 0 Å². The van der Waals surface area contributed by atoms with Gasteiger partial charge in [-0.2, -0.15) is 0 Å². The van der Waals surface area contributed by atoms with E-state index in [0.717, 1.165) is 12.8 Å². The van der Waals surface area contributed by atoms with Crippen molar-refractivity contribution in [3.05, 3.63) is 24.3 Å². The zero-order chi connectivity index (χ0) is 15.2. The first-order chi connectivity index (χ1) is 10.1. The van der Waals surface area contributed by atoms with Crippen molar-refractivity contribution in [1.82, 2.24) is 4.90 Å². The van der Waals surface area contributed by atoms with Crippen LogP contribution in [-0.4, -0.2) is 47.7 Å². The molecular formula is C15H19NO5. The molecule has 1 aliphatic rings. The first-order valence-corrected chi connectivity index (χ1v) is 6.97. The fourth-order valence-corrected chi connectivity index (χ4v) is 1.95. The summed E-state index contributed by atoms with van der Waals surface area (Å²) in [5.74, 6) is -0.472. The van der Waals surface area contributed by atoms with Crippen molar-refractivity contribution < 1.29 is 24.2 Å². The molecule has 114 valence electrons. The second-order valence-corrected chi connectivity index (χ2v) is 4.81. The minimum Gasteiger partial charge on any atom is -0.504 e. The third-order valence-electron chi connectivity index (χ3n) is 3.13. The maximum atomic E-state index is 12.2. The molecule has 1 amide bonds. The van der Waals surface area contributed by atoms with E-state index in [9.17, 15) is 14.7 Å². The molecule has 6 heteroatoms. The van der Waals surface area contributed by atoms with Crippen LogP contribution in [-0.2, 0) is 14.3 Å². The van der Waals surface area contributed by atoms with Gasteiger partial charge in [-0.05, 0) is 31.9 Å². The predicted octanol–water partition coefficient (Wildman–Crippen LogP) is 1.33. The number of carbonyl (C=O) groups is 2. The Morgan fingerprint density at radius 1 is 1.33 bits per heavy atom. The standard InChI is InChI=1S/C15H19NO5/c1-2-20-15(19)9-16(11-7-8-11)14(18)10-21-13-6-4-3-5-12(13)17/h3-6,11,17H,2,7-10H2,1H3. The van der Waals surface area contributed by atoms with E-state index in [1.807, 2.05) is 0 Å². The number of rotatable bonds is 7. The van der Waals surface area contributed by atoms with Gasteiger partial charge in [0.05, 0.1) is 6.61 Å². The number of aromatic hydroxyl groups is 1. The highest BCUT2D eigenvalue weighted by atomic mass is 16.5. The van der Waals surface area contributed by atoms with Gasteiger partial charge >= 0.3 is 5.97 Å². The Balaban J connectivity index is 1.90. The van der Waals surface area contributed by atoms with Crippen molar-refractivity contribution in [1.29, 1.82) is 0 Å². The zero-order valence-electron chi connectivity index (χ0n) is 11.9. The van der Waals surface area contributed by atoms with Gasteiger partial charge in [0.15, 0.2) is 18.1 Å². The van der Waals surface area contributed by atoms with Crippen molar-refractivity contribution in [2.24, 2.45) is 0 Å². The summed E-state index contributed by atoms with van der Waals surface area (Å²) < 4.78 is 10.2. The number of nitrogens with zero attached hydrogens (tertiary/aromatic N) is 1. The summed E-state index contributed by atoms with van der Waals surface area (Å²) in [6.07, 6.45) is 1.78. The summed E-state index contributed by atoms with van der Waals surface area (Å²) in [6, 6.07) is 6.53. The van der Waals surface area contributed by atoms with Crippen LogP contribution in [0.2, 0.25) is 0 Å². The summed E-state index contributed by atoms with van der Waals surface area (Å²) in [7, 11) is 0. The number of carbonyl (C=O) groups excluding carboxylic acids is 2. The van der Waals surface area contributed by atoms with Crippen molar-refractivity contribution in [3.63, 3.8) is 0 Å². The number of hydrogen-bond donors (Lipinski definition) is 1. The highest BCUT2D eigenvalue weighted by Gasteiger charge is 2.34. The number of benzene rings is 1. The minimum atomic E-state index is -0.416. The van der Waals surface area contributed by atoms with Crippen LogP contribution in [0.25, 0.3) is 0 Å². The number of para-hydroxylation sites is 2. The van der Waals surface area contributed by atoms with E-state index in [1.165, 1.54) is 11.0 Å². The van der Waals surface area contributed by atoms with Crippen molar-refractivity contribution in [3.8, 4) is 11.5 Å². The van der Waals surface area contributed by atoms with E-state index < -0.39 is 5.97 Å². The van der Waals surface area contributed by atoms with Gasteiger partial charge in [-0.15, -0.1) is 0 Å². The highest BCUT2D eigenvalue weighted by molar-refractivity contribution is 5.83. The van der Waals surface area contributed by atoms with E-state index in [2.05, 4.69) is 0 Å². The van der Waals surface area contributed by atoms with Gasteiger partial charge in [-0.25, -0.2) is 0 Å². The number of phenols is 1. The van der Waals surface area contributed by atoms with E-state index >= 15 is 0 Å². The molecule has 21 heavy (non-hydrogen) atoms. The SMILES string of the molecule is CCOC(=O)CN(C(=O)COc1ccccc1O)C1CC1. The van der Waals surface area contributed by atoms with Crippen LogP contribution in [0.5, 0.6) is 11.5 Å². The zero-order valence-corrected chi connectivity index (χ0v) is 11.9. The van der Waals surface area contributed by atoms with E-state index in [1.54, 1.807) is 25.1 Å². The molecule has 1 N–H and O–H groups in total. The third-order valence-corrected chi connectivity index (χ3v) is 3.13. The molecule has 0 bridgehead atoms. The maximum Gasteiger partial charge on any atom is 0.325 e. The molecule has 0 atom stereocenters. The Hall–Kier alpha value is -2.24. The van der Waals surface area contributed by atoms with Crippen LogP contribution in [0.3, 0.4) is 0 Å². The first-order valence-electron chi connectivity index (χ1n) is 6.97. The summed E-state index contributed by atoms with van der Waals surface area (Å²) in [5, 5.41) is 9.57. The normalized spacial score (nSPS) is 13.6. The van der Waals surface area contributed by atoms with Crippen molar-refractivity contribution in [2.45, 2.75) is 25.8 Å². The quantitative estimate of drug-likeness (QED) is 0.767. The fourth-order valence-electron chi connectivity index (χ4n) is 1.95. The lowest BCUT2D eigenvalue weighted by Gasteiger charge is -2.21. The molecule has 0 aromatic heterocycles. The lowest BCUT2D eigenvalue weighted by Crippen LogP contribution is -2.40. The number of hydrogen-bond acceptors (Lipinski definition) is 5. The smallest absolute Gasteiger partial charge is 0.325 e. The van der Waals surface area contributed by atoms with Gasteiger partial charge in [0.2, 0.25) is 0 Å². The Bertz CT molecular complexity index is 513. The van der Waals surface area contributed by atoms with E-state index in [-0.39, 0.29) is 36.6 Å². The molecule has 0 unspecified atom stereocenters. The summed E-state index contributed by atoms with van der Waals surface area (Å²) in [5.41, 5.74) is 0. The molecule has 1 aliphatic carbocycles. The van der Waals surface area contributed by atoms with Crippen LogP contribution in [0.1, 0.15) is 19.8 Å². The van der Waals surface area contributed by atoms with Gasteiger partial charge < -0.3 is 19.5 Å². The van der Waals surface area contributed by atoms with Crippen LogP contribution >= 0.6 is 0 Å². The average molecular weight is 293 g/mol. The molecule has 1 aromatic rings. The van der Waals surface area contributed by atoms with Crippen LogP contribution < -0.4 is 4.74 Å². The van der Waals surface area contributed by atoms with E-state index in [4.69, 9.17) is 9.47 Å². The summed E-state index contributed by atoms with van der Waals surface area (Å²) in [4.78, 5) is 25.2. The summed E-state index contributed by atoms with van der Waals surface area (Å²) in [6.45, 7) is 1.75. The molecule has 1 fully saturated rings. The Morgan fingerprint density at radius 3 is 2.67 bits per heavy atom. The average Bonchev–Trinajstić information content (AvgIpc) is 3.28. The van der Waals surface area contributed by atoms with E-state index in [0.29, 0.717) is 6.61 Å². The minimum absolute atomic E-state index is 0.0198. The molecule has 0 aliphatic heterocycles. The molecule has 1 aromatic carbocycles.